The van der Waals surface area contributed by atoms with E-state index < -0.39 is 0 Å². The van der Waals surface area contributed by atoms with Crippen LogP contribution < -0.4 is 9.47 Å². The molecule has 26 heavy (non-hydrogen) atoms. The van der Waals surface area contributed by atoms with Gasteiger partial charge in [-0.15, -0.1) is 0 Å². The highest BCUT2D eigenvalue weighted by Crippen LogP contribution is 2.26. The zero-order chi connectivity index (χ0) is 18.5. The van der Waals surface area contributed by atoms with Gasteiger partial charge in [0, 0.05) is 38.2 Å². The lowest BCUT2D eigenvalue weighted by molar-refractivity contribution is -0.137. The van der Waals surface area contributed by atoms with Crippen molar-refractivity contribution in [3.05, 3.63) is 35.9 Å². The lowest BCUT2D eigenvalue weighted by Gasteiger charge is -2.37. The summed E-state index contributed by atoms with van der Waals surface area (Å²) in [6.07, 6.45) is 6.98. The van der Waals surface area contributed by atoms with Crippen LogP contribution in [-0.2, 0) is 4.79 Å². The van der Waals surface area contributed by atoms with E-state index in [1.807, 2.05) is 4.90 Å². The van der Waals surface area contributed by atoms with Crippen molar-refractivity contribution in [1.29, 1.82) is 0 Å². The molecule has 6 heteroatoms. The molecule has 1 saturated heterocycles. The Kier molecular flexibility index (Phi) is 5.81. The van der Waals surface area contributed by atoms with Crippen molar-refractivity contribution >= 4 is 11.8 Å². The summed E-state index contributed by atoms with van der Waals surface area (Å²) in [6.45, 7) is 2.26. The first-order valence-corrected chi connectivity index (χ1v) is 9.09. The molecular weight excluding hydrogens is 332 g/mol. The molecule has 1 atom stereocenters. The van der Waals surface area contributed by atoms with Gasteiger partial charge in [-0.2, -0.15) is 0 Å². The van der Waals surface area contributed by atoms with Crippen LogP contribution in [0.1, 0.15) is 29.6 Å². The van der Waals surface area contributed by atoms with Crippen molar-refractivity contribution in [3.8, 4) is 11.5 Å². The summed E-state index contributed by atoms with van der Waals surface area (Å²) in [5.41, 5.74) is 0.519. The molecule has 1 fully saturated rings. The van der Waals surface area contributed by atoms with Crippen LogP contribution in [0.25, 0.3) is 0 Å². The normalized spacial score (nSPS) is 20.0. The maximum Gasteiger partial charge on any atom is 0.257 e. The number of hydrogen-bond donors (Lipinski definition) is 0. The fourth-order valence-electron chi connectivity index (χ4n) is 3.55. The molecule has 3 rings (SSSR count). The van der Waals surface area contributed by atoms with E-state index in [0.717, 1.165) is 19.3 Å². The van der Waals surface area contributed by atoms with Crippen molar-refractivity contribution in [3.63, 3.8) is 0 Å². The molecule has 0 aromatic heterocycles. The molecule has 0 saturated carbocycles. The Morgan fingerprint density at radius 1 is 1.00 bits per heavy atom. The molecule has 1 aromatic carbocycles. The Balaban J connectivity index is 1.62. The number of nitrogens with zero attached hydrogens (tertiary/aromatic N) is 2. The molecule has 1 aliphatic carbocycles. The number of carbonyl (C=O) groups excluding carboxylic acids is 2. The Morgan fingerprint density at radius 3 is 2.35 bits per heavy atom. The maximum atomic E-state index is 12.8. The quantitative estimate of drug-likeness (QED) is 0.775. The molecule has 1 heterocycles. The van der Waals surface area contributed by atoms with Gasteiger partial charge in [0.2, 0.25) is 5.91 Å². The summed E-state index contributed by atoms with van der Waals surface area (Å²) in [4.78, 5) is 29.2. The van der Waals surface area contributed by atoms with Crippen LogP contribution in [0, 0.1) is 5.92 Å². The molecule has 6 nitrogen and oxygen atoms in total. The number of carbonyl (C=O) groups is 2. The highest BCUT2D eigenvalue weighted by molar-refractivity contribution is 5.97. The van der Waals surface area contributed by atoms with E-state index in [4.69, 9.17) is 9.47 Å². The first-order chi connectivity index (χ1) is 12.6. The number of rotatable bonds is 4. The van der Waals surface area contributed by atoms with Gasteiger partial charge in [-0.3, -0.25) is 9.59 Å². The van der Waals surface area contributed by atoms with Crippen molar-refractivity contribution in [2.24, 2.45) is 5.92 Å². The van der Waals surface area contributed by atoms with Gasteiger partial charge in [-0.25, -0.2) is 0 Å². The van der Waals surface area contributed by atoms with Crippen LogP contribution in [0.15, 0.2) is 30.4 Å². The lowest BCUT2D eigenvalue weighted by atomic mass is 9.93. The summed E-state index contributed by atoms with van der Waals surface area (Å²) in [5.74, 6) is 1.40. The minimum absolute atomic E-state index is 0.0720. The van der Waals surface area contributed by atoms with E-state index in [9.17, 15) is 9.59 Å². The average Bonchev–Trinajstić information content (AvgIpc) is 2.73. The molecule has 0 bridgehead atoms. The highest BCUT2D eigenvalue weighted by Gasteiger charge is 2.30. The zero-order valence-corrected chi connectivity index (χ0v) is 15.4. The predicted molar refractivity (Wildman–Crippen MR) is 98.5 cm³/mol. The third-order valence-electron chi connectivity index (χ3n) is 5.14. The van der Waals surface area contributed by atoms with Gasteiger partial charge in [0.25, 0.3) is 5.91 Å². The number of benzene rings is 1. The smallest absolute Gasteiger partial charge is 0.257 e. The van der Waals surface area contributed by atoms with Gasteiger partial charge in [-0.05, 0) is 31.4 Å². The number of methoxy groups -OCH3 is 2. The minimum atomic E-state index is -0.0720. The Morgan fingerprint density at radius 2 is 1.73 bits per heavy atom. The van der Waals surface area contributed by atoms with E-state index in [1.165, 1.54) is 0 Å². The van der Waals surface area contributed by atoms with Crippen molar-refractivity contribution in [2.75, 3.05) is 40.4 Å². The standard InChI is InChI=1S/C20H26N2O4/c1-25-16-8-9-17(18(14-16)26-2)20(24)22-12-10-21(11-13-22)19(23)15-6-4-3-5-7-15/h3-4,8-9,14-15H,5-7,10-13H2,1-2H3/t15-/m1/s1. The third-order valence-corrected chi connectivity index (χ3v) is 5.14. The summed E-state index contributed by atoms with van der Waals surface area (Å²) < 4.78 is 10.5. The fourth-order valence-corrected chi connectivity index (χ4v) is 3.55. The molecule has 140 valence electrons. The van der Waals surface area contributed by atoms with Crippen molar-refractivity contribution in [2.45, 2.75) is 19.3 Å². The fraction of sp³-hybridized carbons (Fsp3) is 0.500. The van der Waals surface area contributed by atoms with Crippen molar-refractivity contribution in [1.82, 2.24) is 9.80 Å². The molecule has 0 radical (unpaired) electrons. The van der Waals surface area contributed by atoms with Crippen LogP contribution in [0.4, 0.5) is 0 Å². The van der Waals surface area contributed by atoms with Crippen molar-refractivity contribution < 1.29 is 19.1 Å². The Hall–Kier alpha value is -2.50. The summed E-state index contributed by atoms with van der Waals surface area (Å²) >= 11 is 0. The monoisotopic (exact) mass is 358 g/mol. The van der Waals surface area contributed by atoms with Gasteiger partial charge in [-0.1, -0.05) is 12.2 Å². The van der Waals surface area contributed by atoms with Gasteiger partial charge in [0.15, 0.2) is 0 Å². The molecule has 1 aromatic rings. The molecular formula is C20H26N2O4. The number of ether oxygens (including phenoxy) is 2. The van der Waals surface area contributed by atoms with E-state index in [2.05, 4.69) is 12.2 Å². The second kappa shape index (κ2) is 8.25. The Labute approximate surface area is 154 Å². The molecule has 0 N–H and O–H groups in total. The van der Waals surface area contributed by atoms with Crippen LogP contribution in [0.3, 0.4) is 0 Å². The average molecular weight is 358 g/mol. The van der Waals surface area contributed by atoms with E-state index in [-0.39, 0.29) is 17.7 Å². The number of amides is 2. The SMILES string of the molecule is COc1ccc(C(=O)N2CCN(C(=O)[C@@H]3CC=CCC3)CC2)c(OC)c1. The molecule has 1 aliphatic heterocycles. The first-order valence-electron chi connectivity index (χ1n) is 9.09. The minimum Gasteiger partial charge on any atom is -0.497 e. The molecule has 0 unspecified atom stereocenters. The van der Waals surface area contributed by atoms with Gasteiger partial charge < -0.3 is 19.3 Å². The van der Waals surface area contributed by atoms with Crippen LogP contribution in [0.2, 0.25) is 0 Å². The van der Waals surface area contributed by atoms with E-state index in [1.54, 1.807) is 37.3 Å². The van der Waals surface area contributed by atoms with Gasteiger partial charge in [0.05, 0.1) is 19.8 Å². The second-order valence-electron chi connectivity index (χ2n) is 6.67. The van der Waals surface area contributed by atoms with Gasteiger partial charge >= 0.3 is 0 Å². The van der Waals surface area contributed by atoms with E-state index in [0.29, 0.717) is 43.2 Å². The number of piperazine rings is 1. The maximum absolute atomic E-state index is 12.8. The zero-order valence-electron chi connectivity index (χ0n) is 15.4. The van der Waals surface area contributed by atoms with Gasteiger partial charge in [0.1, 0.15) is 11.5 Å². The molecule has 0 spiro atoms. The largest absolute Gasteiger partial charge is 0.497 e. The highest BCUT2D eigenvalue weighted by atomic mass is 16.5. The third kappa shape index (κ3) is 3.84. The van der Waals surface area contributed by atoms with Crippen LogP contribution in [0.5, 0.6) is 11.5 Å². The number of allylic oxidation sites excluding steroid dienone is 2. The topological polar surface area (TPSA) is 59.1 Å². The lowest BCUT2D eigenvalue weighted by Crippen LogP contribution is -2.52. The summed E-state index contributed by atoms with van der Waals surface area (Å²) in [6, 6.07) is 5.20. The molecule has 2 amide bonds. The Bertz CT molecular complexity index is 693. The molecule has 2 aliphatic rings. The summed E-state index contributed by atoms with van der Waals surface area (Å²) in [7, 11) is 3.12. The second-order valence-corrected chi connectivity index (χ2v) is 6.67. The van der Waals surface area contributed by atoms with Crippen LogP contribution >= 0.6 is 0 Å². The van der Waals surface area contributed by atoms with E-state index >= 15 is 0 Å². The number of hydrogen-bond acceptors (Lipinski definition) is 4. The first kappa shape index (κ1) is 18.3. The summed E-state index contributed by atoms with van der Waals surface area (Å²) in [5, 5.41) is 0. The van der Waals surface area contributed by atoms with Crippen LogP contribution in [-0.4, -0.2) is 62.0 Å². The predicted octanol–water partition coefficient (Wildman–Crippen LogP) is 2.34.